The molecule has 0 aliphatic carbocycles. The molecule has 0 aromatic rings. The molecule has 0 aromatic carbocycles. The molecule has 82 valence electrons. The van der Waals surface area contributed by atoms with Crippen molar-refractivity contribution in [2.75, 3.05) is 26.2 Å². The smallest absolute Gasteiger partial charge is 0.0746 e. The minimum absolute atomic E-state index is 0.448. The van der Waals surface area contributed by atoms with E-state index in [0.717, 1.165) is 32.5 Å². The van der Waals surface area contributed by atoms with Gasteiger partial charge in [0.1, 0.15) is 0 Å². The highest BCUT2D eigenvalue weighted by molar-refractivity contribution is 4.86. The Labute approximate surface area is 86.5 Å². The van der Waals surface area contributed by atoms with Gasteiger partial charge in [-0.05, 0) is 45.7 Å². The molecule has 2 heterocycles. The van der Waals surface area contributed by atoms with E-state index in [2.05, 4.69) is 10.2 Å². The molecule has 0 saturated carbocycles. The molecule has 2 rings (SSSR count). The molecule has 3 nitrogen and oxygen atoms in total. The number of hydrogen-bond donors (Lipinski definition) is 2. The first kappa shape index (κ1) is 10.4. The van der Waals surface area contributed by atoms with Gasteiger partial charge in [-0.1, -0.05) is 0 Å². The van der Waals surface area contributed by atoms with Crippen LogP contribution in [0.3, 0.4) is 0 Å². The van der Waals surface area contributed by atoms with Crippen molar-refractivity contribution in [2.24, 2.45) is 0 Å². The zero-order valence-electron chi connectivity index (χ0n) is 9.13. The van der Waals surface area contributed by atoms with Crippen molar-refractivity contribution in [3.63, 3.8) is 0 Å². The quantitative estimate of drug-likeness (QED) is 0.681. The third-order valence-electron chi connectivity index (χ3n) is 3.39. The van der Waals surface area contributed by atoms with Crippen LogP contribution in [-0.2, 0) is 0 Å². The number of nitrogens with zero attached hydrogens (tertiary/aromatic N) is 1. The van der Waals surface area contributed by atoms with E-state index in [9.17, 15) is 5.11 Å². The summed E-state index contributed by atoms with van der Waals surface area (Å²) in [5.41, 5.74) is -0.448. The number of piperidine rings is 1. The lowest BCUT2D eigenvalue weighted by Gasteiger charge is -2.38. The van der Waals surface area contributed by atoms with Crippen LogP contribution in [0.25, 0.3) is 0 Å². The third kappa shape index (κ3) is 2.69. The lowest BCUT2D eigenvalue weighted by atomic mass is 9.95. The molecule has 3 heteroatoms. The fourth-order valence-electron chi connectivity index (χ4n) is 2.70. The van der Waals surface area contributed by atoms with Gasteiger partial charge < -0.3 is 10.4 Å². The summed E-state index contributed by atoms with van der Waals surface area (Å²) >= 11 is 0. The number of hydrogen-bond acceptors (Lipinski definition) is 3. The minimum atomic E-state index is -0.448. The third-order valence-corrected chi connectivity index (χ3v) is 3.39. The van der Waals surface area contributed by atoms with Crippen molar-refractivity contribution in [3.05, 3.63) is 0 Å². The predicted molar refractivity (Wildman–Crippen MR) is 57.3 cm³/mol. The van der Waals surface area contributed by atoms with Gasteiger partial charge in [-0.3, -0.25) is 4.90 Å². The molecule has 0 amide bonds. The van der Waals surface area contributed by atoms with Crippen LogP contribution in [0, 0.1) is 0 Å². The van der Waals surface area contributed by atoms with E-state index in [0.29, 0.717) is 6.04 Å². The van der Waals surface area contributed by atoms with Crippen molar-refractivity contribution in [3.8, 4) is 0 Å². The molecule has 2 N–H and O–H groups in total. The molecule has 14 heavy (non-hydrogen) atoms. The summed E-state index contributed by atoms with van der Waals surface area (Å²) in [5.74, 6) is 0. The molecule has 2 unspecified atom stereocenters. The number of rotatable bonds is 2. The average molecular weight is 198 g/mol. The number of nitrogens with one attached hydrogen (secondary N) is 1. The maximum atomic E-state index is 9.96. The van der Waals surface area contributed by atoms with Gasteiger partial charge >= 0.3 is 0 Å². The van der Waals surface area contributed by atoms with E-state index < -0.39 is 5.60 Å². The SMILES string of the molecule is CC1(O)CCCN(CC2CCCN2)C1. The summed E-state index contributed by atoms with van der Waals surface area (Å²) in [4.78, 5) is 2.41. The van der Waals surface area contributed by atoms with Crippen LogP contribution in [0.5, 0.6) is 0 Å². The Hall–Kier alpha value is -0.120. The largest absolute Gasteiger partial charge is 0.389 e. The number of β-amino-alcohol motifs (C(OH)–C–C–N with tert-alkyl or cyclic N) is 1. The first-order valence-electron chi connectivity index (χ1n) is 5.84. The van der Waals surface area contributed by atoms with Crippen LogP contribution >= 0.6 is 0 Å². The van der Waals surface area contributed by atoms with Gasteiger partial charge in [-0.2, -0.15) is 0 Å². The van der Waals surface area contributed by atoms with Crippen LogP contribution in [0.2, 0.25) is 0 Å². The van der Waals surface area contributed by atoms with Gasteiger partial charge in [0.05, 0.1) is 5.60 Å². The molecule has 2 aliphatic heterocycles. The molecule has 0 aromatic heterocycles. The molecular formula is C11H22N2O. The van der Waals surface area contributed by atoms with Gasteiger partial charge in [0.15, 0.2) is 0 Å². The first-order valence-corrected chi connectivity index (χ1v) is 5.84. The average Bonchev–Trinajstić information content (AvgIpc) is 2.54. The minimum Gasteiger partial charge on any atom is -0.389 e. The van der Waals surface area contributed by atoms with Crippen LogP contribution in [0.4, 0.5) is 0 Å². The Balaban J connectivity index is 1.79. The monoisotopic (exact) mass is 198 g/mol. The van der Waals surface area contributed by atoms with E-state index in [4.69, 9.17) is 0 Å². The second-order valence-corrected chi connectivity index (χ2v) is 5.13. The second-order valence-electron chi connectivity index (χ2n) is 5.13. The predicted octanol–water partition coefficient (Wildman–Crippen LogP) is 0.585. The van der Waals surface area contributed by atoms with Crippen LogP contribution in [0.15, 0.2) is 0 Å². The standard InChI is InChI=1S/C11H22N2O/c1-11(14)5-3-7-13(9-11)8-10-4-2-6-12-10/h10,12,14H,2-9H2,1H3. The highest BCUT2D eigenvalue weighted by Gasteiger charge is 2.29. The normalized spacial score (nSPS) is 40.3. The summed E-state index contributed by atoms with van der Waals surface area (Å²) < 4.78 is 0. The van der Waals surface area contributed by atoms with Crippen molar-refractivity contribution >= 4 is 0 Å². The summed E-state index contributed by atoms with van der Waals surface area (Å²) in [6.07, 6.45) is 4.72. The number of likely N-dealkylation sites (tertiary alicyclic amines) is 1. The maximum absolute atomic E-state index is 9.96. The summed E-state index contributed by atoms with van der Waals surface area (Å²) in [5, 5.41) is 13.5. The van der Waals surface area contributed by atoms with Crippen LogP contribution in [0.1, 0.15) is 32.6 Å². The van der Waals surface area contributed by atoms with E-state index >= 15 is 0 Å². The fourth-order valence-corrected chi connectivity index (χ4v) is 2.70. The number of aliphatic hydroxyl groups is 1. The molecule has 0 bridgehead atoms. The Morgan fingerprint density at radius 2 is 2.36 bits per heavy atom. The van der Waals surface area contributed by atoms with Crippen molar-refractivity contribution in [2.45, 2.75) is 44.2 Å². The molecular weight excluding hydrogens is 176 g/mol. The second kappa shape index (κ2) is 4.17. The topological polar surface area (TPSA) is 35.5 Å². The van der Waals surface area contributed by atoms with Gasteiger partial charge in [-0.25, -0.2) is 0 Å². The Kier molecular flexibility index (Phi) is 3.10. The lowest BCUT2D eigenvalue weighted by Crippen LogP contribution is -2.49. The van der Waals surface area contributed by atoms with Gasteiger partial charge in [-0.15, -0.1) is 0 Å². The molecule has 2 fully saturated rings. The van der Waals surface area contributed by atoms with Crippen LogP contribution < -0.4 is 5.32 Å². The Bertz CT molecular complexity index is 188. The van der Waals surface area contributed by atoms with E-state index in [1.54, 1.807) is 0 Å². The van der Waals surface area contributed by atoms with E-state index in [1.165, 1.54) is 19.4 Å². The highest BCUT2D eigenvalue weighted by atomic mass is 16.3. The summed E-state index contributed by atoms with van der Waals surface area (Å²) in [6.45, 7) is 6.27. The van der Waals surface area contributed by atoms with Crippen LogP contribution in [-0.4, -0.2) is 47.8 Å². The summed E-state index contributed by atoms with van der Waals surface area (Å²) in [6, 6.07) is 0.670. The highest BCUT2D eigenvalue weighted by Crippen LogP contribution is 2.21. The zero-order valence-corrected chi connectivity index (χ0v) is 9.13. The van der Waals surface area contributed by atoms with E-state index in [-0.39, 0.29) is 0 Å². The fraction of sp³-hybridized carbons (Fsp3) is 1.00. The molecule has 2 atom stereocenters. The zero-order chi connectivity index (χ0) is 10.0. The molecule has 0 radical (unpaired) electrons. The summed E-state index contributed by atoms with van der Waals surface area (Å²) in [7, 11) is 0. The maximum Gasteiger partial charge on any atom is 0.0746 e. The Morgan fingerprint density at radius 3 is 3.00 bits per heavy atom. The van der Waals surface area contributed by atoms with Crippen molar-refractivity contribution in [1.29, 1.82) is 0 Å². The molecule has 2 aliphatic rings. The molecule has 2 saturated heterocycles. The van der Waals surface area contributed by atoms with Crippen molar-refractivity contribution < 1.29 is 5.11 Å². The molecule has 0 spiro atoms. The van der Waals surface area contributed by atoms with Crippen molar-refractivity contribution in [1.82, 2.24) is 10.2 Å². The lowest BCUT2D eigenvalue weighted by molar-refractivity contribution is -0.0174. The van der Waals surface area contributed by atoms with Gasteiger partial charge in [0, 0.05) is 19.1 Å². The van der Waals surface area contributed by atoms with Gasteiger partial charge in [0.2, 0.25) is 0 Å². The van der Waals surface area contributed by atoms with E-state index in [1.807, 2.05) is 6.92 Å². The van der Waals surface area contributed by atoms with Gasteiger partial charge in [0.25, 0.3) is 0 Å². The Morgan fingerprint density at radius 1 is 1.50 bits per heavy atom. The first-order chi connectivity index (χ1) is 6.66.